The van der Waals surface area contributed by atoms with Gasteiger partial charge in [-0.2, -0.15) is 13.2 Å². The molecular weight excluding hydrogens is 307 g/mol. The van der Waals surface area contributed by atoms with Crippen molar-refractivity contribution in [3.8, 4) is 0 Å². The summed E-state index contributed by atoms with van der Waals surface area (Å²) in [5, 5.41) is 5.81. The molecule has 1 aromatic rings. The summed E-state index contributed by atoms with van der Waals surface area (Å²) in [6.45, 7) is 11.0. The van der Waals surface area contributed by atoms with E-state index in [2.05, 4.69) is 39.0 Å². The molecule has 124 valence electrons. The van der Waals surface area contributed by atoms with Gasteiger partial charge in [0.1, 0.15) is 5.84 Å². The molecule has 0 spiro atoms. The maximum absolute atomic E-state index is 12.5. The van der Waals surface area contributed by atoms with Gasteiger partial charge in [-0.15, -0.1) is 0 Å². The number of benzene rings is 1. The molecule has 0 saturated heterocycles. The predicted octanol–water partition coefficient (Wildman–Crippen LogP) is 3.67. The predicted molar refractivity (Wildman–Crippen MR) is 88.0 cm³/mol. The van der Waals surface area contributed by atoms with E-state index in [1.165, 1.54) is 12.1 Å². The van der Waals surface area contributed by atoms with Crippen molar-refractivity contribution in [3.63, 3.8) is 0 Å². The number of rotatable bonds is 6. The Labute approximate surface area is 132 Å². The number of hydrogen-bond donors (Lipinski definition) is 2. The number of amidine groups is 1. The first-order valence-corrected chi connectivity index (χ1v) is 6.73. The molecule has 0 aromatic heterocycles. The lowest BCUT2D eigenvalue weighted by atomic mass is 10.2. The minimum Gasteiger partial charge on any atom is -0.367 e. The Bertz CT molecular complexity index is 615. The van der Waals surface area contributed by atoms with E-state index < -0.39 is 11.7 Å². The van der Waals surface area contributed by atoms with Crippen molar-refractivity contribution < 1.29 is 13.2 Å². The molecule has 23 heavy (non-hydrogen) atoms. The van der Waals surface area contributed by atoms with Crippen LogP contribution in [0.1, 0.15) is 19.4 Å². The van der Waals surface area contributed by atoms with Crippen molar-refractivity contribution in [2.24, 2.45) is 15.0 Å². The lowest BCUT2D eigenvalue weighted by Crippen LogP contribution is -2.14. The van der Waals surface area contributed by atoms with Gasteiger partial charge in [-0.3, -0.25) is 0 Å². The second-order valence-corrected chi connectivity index (χ2v) is 4.42. The topological polar surface area (TPSA) is 61.1 Å². The SMILES string of the molecule is C=N/C(N=C(C)Nc1ccc(C(F)(F)F)cc1)=C(/N=C)NCC. The Hall–Kier alpha value is -2.64. The summed E-state index contributed by atoms with van der Waals surface area (Å²) in [4.78, 5) is 11.7. The van der Waals surface area contributed by atoms with Crippen LogP contribution < -0.4 is 10.6 Å². The average Bonchev–Trinajstić information content (AvgIpc) is 2.50. The van der Waals surface area contributed by atoms with E-state index in [4.69, 9.17) is 0 Å². The third-order valence-electron chi connectivity index (χ3n) is 2.67. The van der Waals surface area contributed by atoms with E-state index in [1.54, 1.807) is 6.92 Å². The standard InChI is InChI=1S/C15H18F3N5/c1-5-21-13(19-3)14(20-4)23-10(2)22-12-8-6-11(7-9-12)15(16,17)18/h6-9,21H,3-5H2,1-2H3,(H,22,23)/b14-13+. The van der Waals surface area contributed by atoms with E-state index in [-0.39, 0.29) is 5.82 Å². The molecule has 1 aromatic carbocycles. The van der Waals surface area contributed by atoms with Gasteiger partial charge in [-0.25, -0.2) is 15.0 Å². The second-order valence-electron chi connectivity index (χ2n) is 4.42. The Morgan fingerprint density at radius 1 is 1.13 bits per heavy atom. The second kappa shape index (κ2) is 8.11. The van der Waals surface area contributed by atoms with Crippen LogP contribution in [-0.4, -0.2) is 25.8 Å². The fourth-order valence-electron chi connectivity index (χ4n) is 1.67. The minimum atomic E-state index is -4.36. The smallest absolute Gasteiger partial charge is 0.367 e. The van der Waals surface area contributed by atoms with Gasteiger partial charge in [0.25, 0.3) is 0 Å². The van der Waals surface area contributed by atoms with Gasteiger partial charge in [0, 0.05) is 12.2 Å². The van der Waals surface area contributed by atoms with Gasteiger partial charge in [0.2, 0.25) is 0 Å². The molecular formula is C15H18F3N5. The highest BCUT2D eigenvalue weighted by atomic mass is 19.4. The Morgan fingerprint density at radius 2 is 1.74 bits per heavy atom. The molecule has 0 aliphatic rings. The lowest BCUT2D eigenvalue weighted by molar-refractivity contribution is -0.137. The number of nitrogens with one attached hydrogen (secondary N) is 2. The summed E-state index contributed by atoms with van der Waals surface area (Å²) in [6.07, 6.45) is -4.36. The van der Waals surface area contributed by atoms with Crippen LogP contribution >= 0.6 is 0 Å². The number of nitrogens with zero attached hydrogens (tertiary/aromatic N) is 3. The van der Waals surface area contributed by atoms with Crippen molar-refractivity contribution in [2.45, 2.75) is 20.0 Å². The highest BCUT2D eigenvalue weighted by Gasteiger charge is 2.29. The van der Waals surface area contributed by atoms with Crippen LogP contribution in [-0.2, 0) is 6.18 Å². The molecule has 0 aliphatic heterocycles. The molecule has 0 saturated carbocycles. The van der Waals surface area contributed by atoms with Gasteiger partial charge >= 0.3 is 6.18 Å². The molecule has 2 N–H and O–H groups in total. The fourth-order valence-corrected chi connectivity index (χ4v) is 1.67. The zero-order valence-electron chi connectivity index (χ0n) is 12.9. The number of hydrogen-bond acceptors (Lipinski definition) is 4. The molecule has 0 atom stereocenters. The van der Waals surface area contributed by atoms with Crippen LogP contribution in [0, 0.1) is 0 Å². The summed E-state index contributed by atoms with van der Waals surface area (Å²) < 4.78 is 37.5. The molecule has 0 heterocycles. The summed E-state index contributed by atoms with van der Waals surface area (Å²) in [7, 11) is 0. The van der Waals surface area contributed by atoms with Gasteiger partial charge in [-0.05, 0) is 51.5 Å². The van der Waals surface area contributed by atoms with Crippen LogP contribution in [0.25, 0.3) is 0 Å². The molecule has 5 nitrogen and oxygen atoms in total. The fraction of sp³-hybridized carbons (Fsp3) is 0.267. The first-order chi connectivity index (χ1) is 10.8. The minimum absolute atomic E-state index is 0.235. The highest BCUT2D eigenvalue weighted by Crippen LogP contribution is 2.29. The van der Waals surface area contributed by atoms with Crippen molar-refractivity contribution in [2.75, 3.05) is 11.9 Å². The maximum atomic E-state index is 12.5. The van der Waals surface area contributed by atoms with Gasteiger partial charge in [0.15, 0.2) is 11.6 Å². The molecule has 0 aliphatic carbocycles. The zero-order valence-corrected chi connectivity index (χ0v) is 12.9. The average molecular weight is 325 g/mol. The van der Waals surface area contributed by atoms with Crippen LogP contribution in [0.2, 0.25) is 0 Å². The van der Waals surface area contributed by atoms with Crippen LogP contribution in [0.15, 0.2) is 50.9 Å². The highest BCUT2D eigenvalue weighted by molar-refractivity contribution is 5.94. The van der Waals surface area contributed by atoms with E-state index in [0.29, 0.717) is 23.9 Å². The largest absolute Gasteiger partial charge is 0.416 e. The van der Waals surface area contributed by atoms with Crippen molar-refractivity contribution in [3.05, 3.63) is 41.5 Å². The number of anilines is 1. The van der Waals surface area contributed by atoms with E-state index in [0.717, 1.165) is 12.1 Å². The normalized spacial score (nSPS) is 13.2. The van der Waals surface area contributed by atoms with Crippen LogP contribution in [0.4, 0.5) is 18.9 Å². The molecule has 1 rings (SSSR count). The van der Waals surface area contributed by atoms with Crippen LogP contribution in [0.5, 0.6) is 0 Å². The zero-order chi connectivity index (χ0) is 17.5. The first-order valence-electron chi connectivity index (χ1n) is 6.73. The molecule has 0 bridgehead atoms. The lowest BCUT2D eigenvalue weighted by Gasteiger charge is -2.10. The molecule has 0 fully saturated rings. The Kier molecular flexibility index (Phi) is 6.49. The molecule has 8 heteroatoms. The van der Waals surface area contributed by atoms with Gasteiger partial charge in [-0.1, -0.05) is 0 Å². The summed E-state index contributed by atoms with van der Waals surface area (Å²) in [6, 6.07) is 4.63. The van der Waals surface area contributed by atoms with E-state index in [9.17, 15) is 13.2 Å². The maximum Gasteiger partial charge on any atom is 0.416 e. The first kappa shape index (κ1) is 18.4. The van der Waals surface area contributed by atoms with Gasteiger partial charge in [0.05, 0.1) is 5.56 Å². The van der Waals surface area contributed by atoms with Gasteiger partial charge < -0.3 is 10.6 Å². The van der Waals surface area contributed by atoms with E-state index >= 15 is 0 Å². The summed E-state index contributed by atoms with van der Waals surface area (Å²) in [5.74, 6) is 1.03. The number of halogens is 3. The van der Waals surface area contributed by atoms with Crippen LogP contribution in [0.3, 0.4) is 0 Å². The van der Waals surface area contributed by atoms with E-state index in [1.807, 2.05) is 6.92 Å². The van der Waals surface area contributed by atoms with Crippen molar-refractivity contribution in [1.82, 2.24) is 5.32 Å². The third-order valence-corrected chi connectivity index (χ3v) is 2.67. The van der Waals surface area contributed by atoms with Crippen molar-refractivity contribution >= 4 is 25.0 Å². The third kappa shape index (κ3) is 5.57. The molecule has 0 amide bonds. The monoisotopic (exact) mass is 325 g/mol. The molecule has 0 unspecified atom stereocenters. The van der Waals surface area contributed by atoms with Crippen molar-refractivity contribution in [1.29, 1.82) is 0 Å². The number of alkyl halides is 3. The Balaban J connectivity index is 2.95. The molecule has 0 radical (unpaired) electrons. The quantitative estimate of drug-likeness (QED) is 0.619. The summed E-state index contributed by atoms with van der Waals surface area (Å²) in [5.41, 5.74) is -0.240. The number of aliphatic imine (C=N–C) groups is 3. The summed E-state index contributed by atoms with van der Waals surface area (Å²) >= 11 is 0. The Morgan fingerprint density at radius 3 is 2.17 bits per heavy atom.